The molecular formula is C58H98N4O43. The third-order valence-corrected chi connectivity index (χ3v) is 18.8. The van der Waals surface area contributed by atoms with Gasteiger partial charge in [-0.1, -0.05) is 0 Å². The van der Waals surface area contributed by atoms with Crippen LogP contribution in [0.4, 0.5) is 0 Å². The first-order chi connectivity index (χ1) is 49.8. The van der Waals surface area contributed by atoms with Gasteiger partial charge < -0.3 is 215 Å². The summed E-state index contributed by atoms with van der Waals surface area (Å²) in [5.74, 6) is -2.79. The van der Waals surface area contributed by atoms with Gasteiger partial charge in [-0.15, -0.1) is 0 Å². The molecule has 8 aliphatic heterocycles. The van der Waals surface area contributed by atoms with E-state index in [9.17, 15) is 137 Å². The summed E-state index contributed by atoms with van der Waals surface area (Å²) in [7, 11) is 0. The van der Waals surface area contributed by atoms with Crippen molar-refractivity contribution in [2.24, 2.45) is 0 Å². The molecular weight excluding hydrogens is 1440 g/mol. The maximum absolute atomic E-state index is 13.1. The van der Waals surface area contributed by atoms with Gasteiger partial charge in [0, 0.05) is 20.8 Å². The molecule has 0 saturated carbocycles. The fourth-order valence-electron chi connectivity index (χ4n) is 13.2. The molecule has 608 valence electrons. The lowest BCUT2D eigenvalue weighted by atomic mass is 9.93. The van der Waals surface area contributed by atoms with Crippen molar-refractivity contribution in [3.05, 3.63) is 0 Å². The van der Waals surface area contributed by atoms with E-state index >= 15 is 0 Å². The molecule has 8 heterocycles. The number of aliphatic hydroxyl groups is 23. The fourth-order valence-corrected chi connectivity index (χ4v) is 13.2. The number of nitrogens with one attached hydrogen (secondary N) is 4. The quantitative estimate of drug-likeness (QED) is 0.0287. The van der Waals surface area contributed by atoms with Gasteiger partial charge in [-0.3, -0.25) is 19.2 Å². The van der Waals surface area contributed by atoms with Crippen LogP contribution in [0.3, 0.4) is 0 Å². The van der Waals surface area contributed by atoms with Crippen molar-refractivity contribution in [3.8, 4) is 0 Å². The molecule has 8 rings (SSSR count). The Labute approximate surface area is 594 Å². The average molecular weight is 1540 g/mol. The van der Waals surface area contributed by atoms with Gasteiger partial charge in [0.15, 0.2) is 50.3 Å². The van der Waals surface area contributed by atoms with E-state index in [1.807, 2.05) is 0 Å². The minimum Gasteiger partial charge on any atom is -0.394 e. The lowest BCUT2D eigenvalue weighted by Crippen LogP contribution is -2.71. The Hall–Kier alpha value is -3.68. The molecule has 4 amide bonds. The van der Waals surface area contributed by atoms with Crippen LogP contribution in [0.25, 0.3) is 0 Å². The second-order valence-electron chi connectivity index (χ2n) is 26.1. The molecule has 41 atom stereocenters. The number of ether oxygens (including phenoxy) is 16. The molecule has 0 bridgehead atoms. The van der Waals surface area contributed by atoms with E-state index in [0.717, 1.165) is 20.8 Å². The maximum Gasteiger partial charge on any atom is 0.217 e. The van der Waals surface area contributed by atoms with Gasteiger partial charge in [-0.2, -0.15) is 0 Å². The Kier molecular flexibility index (Phi) is 32.3. The zero-order valence-corrected chi connectivity index (χ0v) is 56.3. The van der Waals surface area contributed by atoms with Crippen LogP contribution in [0.2, 0.25) is 0 Å². The molecule has 0 aromatic carbocycles. The monoisotopic (exact) mass is 1540 g/mol. The first-order valence-electron chi connectivity index (χ1n) is 33.3. The molecule has 8 saturated heterocycles. The summed E-state index contributed by atoms with van der Waals surface area (Å²) in [6, 6.07) is -6.71. The summed E-state index contributed by atoms with van der Waals surface area (Å²) < 4.78 is 93.5. The minimum atomic E-state index is -2.47. The molecule has 8 aliphatic rings. The highest BCUT2D eigenvalue weighted by molar-refractivity contribution is 5.74. The summed E-state index contributed by atoms with van der Waals surface area (Å²) in [5.41, 5.74) is 0. The zero-order valence-electron chi connectivity index (χ0n) is 56.3. The lowest BCUT2D eigenvalue weighted by molar-refractivity contribution is -0.389. The highest BCUT2D eigenvalue weighted by Crippen LogP contribution is 2.39. The molecule has 47 nitrogen and oxygen atoms in total. The molecule has 8 fully saturated rings. The van der Waals surface area contributed by atoms with E-state index in [0.29, 0.717) is 0 Å². The maximum atomic E-state index is 13.1. The second-order valence-corrected chi connectivity index (χ2v) is 26.1. The van der Waals surface area contributed by atoms with Gasteiger partial charge in [0.1, 0.15) is 195 Å². The highest BCUT2D eigenvalue weighted by Gasteiger charge is 2.60. The number of rotatable bonds is 31. The molecule has 105 heavy (non-hydrogen) atoms. The lowest BCUT2D eigenvalue weighted by Gasteiger charge is -2.51. The molecule has 0 spiro atoms. The predicted octanol–water partition coefficient (Wildman–Crippen LogP) is -18.9. The van der Waals surface area contributed by atoms with Crippen LogP contribution < -0.4 is 21.3 Å². The van der Waals surface area contributed by atoms with Gasteiger partial charge in [0.25, 0.3) is 0 Å². The Bertz CT molecular complexity index is 2690. The molecule has 47 heteroatoms. The van der Waals surface area contributed by atoms with Crippen LogP contribution >= 0.6 is 0 Å². The van der Waals surface area contributed by atoms with Crippen LogP contribution in [0, 0.1) is 0 Å². The van der Waals surface area contributed by atoms with E-state index in [1.54, 1.807) is 0 Å². The van der Waals surface area contributed by atoms with Crippen molar-refractivity contribution in [3.63, 3.8) is 0 Å². The van der Waals surface area contributed by atoms with Gasteiger partial charge in [0.2, 0.25) is 24.1 Å². The molecule has 0 aliphatic carbocycles. The molecule has 0 radical (unpaired) electrons. The van der Waals surface area contributed by atoms with Gasteiger partial charge >= 0.3 is 0 Å². The third-order valence-electron chi connectivity index (χ3n) is 18.8. The van der Waals surface area contributed by atoms with E-state index in [-0.39, 0.29) is 6.41 Å². The molecule has 0 aromatic rings. The predicted molar refractivity (Wildman–Crippen MR) is 323 cm³/mol. The standard InChI is InChI=1S/C58H98N4O43/c1-15(72)60-27-34(79)45(100-55-40(85)37(82)30(75)19(5-64)92-55)22(8-67)95-51(27)91-13-26-33(78)50(105-53-28(61-16(2)73)35(80)46(23(9-68)96-53)101-56-41(86)38(83)31(76)20(6-65)93-56)44(89)58(99-26)102-47-24(10-69)97-52(29(36(47)81)62-17(3)74)104-49-32(77)21(7-66)94-57(43(49)88)103-48-25(11-70)98-54(42(87)39(48)84)90-12-18(4-63)59-14-71/h14,18-58,63-70,75-89H,4-13H2,1-3H3,(H,59,71)(H,60,72)(H,61,73)(H,62,74)/t18-,19-,20-,21-,22-,23-,24-,25-,26-,27-,28-,29-,30+,31+,32+,33+,34-,35-,36-,37+,38+,39-,40-,41-,42-,43-,44-,45-,46-,47-,48-,49+,50+,51-,52+,53-,54-,55+,56+,57+,58+/m1/s1. The molecule has 0 unspecified atom stereocenters. The Morgan fingerprint density at radius 3 is 0.952 bits per heavy atom. The van der Waals surface area contributed by atoms with Crippen molar-refractivity contribution in [1.29, 1.82) is 0 Å². The van der Waals surface area contributed by atoms with E-state index in [1.165, 1.54) is 0 Å². The van der Waals surface area contributed by atoms with Crippen molar-refractivity contribution in [1.82, 2.24) is 21.3 Å². The topological polar surface area (TPSA) is 729 Å². The van der Waals surface area contributed by atoms with Crippen molar-refractivity contribution in [2.75, 3.05) is 66.1 Å². The number of hydrogen-bond donors (Lipinski definition) is 27. The van der Waals surface area contributed by atoms with Gasteiger partial charge in [0.05, 0.1) is 72.1 Å². The van der Waals surface area contributed by atoms with E-state index < -0.39 is 335 Å². The number of aliphatic hydroxyl groups excluding tert-OH is 23. The Morgan fingerprint density at radius 2 is 0.600 bits per heavy atom. The zero-order chi connectivity index (χ0) is 77.3. The first-order valence-corrected chi connectivity index (χ1v) is 33.3. The number of carbonyl (C=O) groups excluding carboxylic acids is 4. The summed E-state index contributed by atoms with van der Waals surface area (Å²) in [4.78, 5) is 49.7. The fraction of sp³-hybridized carbons (Fsp3) is 0.931. The van der Waals surface area contributed by atoms with Crippen LogP contribution in [-0.4, -0.2) is 459 Å². The summed E-state index contributed by atoms with van der Waals surface area (Å²) in [6.45, 7) is -6.65. The average Bonchev–Trinajstić information content (AvgIpc) is 0.771. The summed E-state index contributed by atoms with van der Waals surface area (Å²) >= 11 is 0. The van der Waals surface area contributed by atoms with Crippen molar-refractivity contribution >= 4 is 24.1 Å². The Balaban J connectivity index is 1.08. The van der Waals surface area contributed by atoms with Crippen LogP contribution in [0.5, 0.6) is 0 Å². The van der Waals surface area contributed by atoms with Crippen LogP contribution in [0.15, 0.2) is 0 Å². The first kappa shape index (κ1) is 86.9. The number of amides is 4. The highest BCUT2D eigenvalue weighted by atomic mass is 16.8. The van der Waals surface area contributed by atoms with Crippen LogP contribution in [0.1, 0.15) is 20.8 Å². The van der Waals surface area contributed by atoms with E-state index in [4.69, 9.17) is 75.8 Å². The van der Waals surface area contributed by atoms with Crippen LogP contribution in [-0.2, 0) is 95.0 Å². The van der Waals surface area contributed by atoms with Gasteiger partial charge in [-0.25, -0.2) is 0 Å². The smallest absolute Gasteiger partial charge is 0.217 e. The van der Waals surface area contributed by atoms with E-state index in [2.05, 4.69) is 21.3 Å². The number of carbonyl (C=O) groups is 4. The van der Waals surface area contributed by atoms with Gasteiger partial charge in [-0.05, 0) is 0 Å². The second kappa shape index (κ2) is 39.0. The van der Waals surface area contributed by atoms with Crippen molar-refractivity contribution < 1.29 is 212 Å². The number of hydrogen-bond acceptors (Lipinski definition) is 43. The van der Waals surface area contributed by atoms with Crippen molar-refractivity contribution in [2.45, 2.75) is 272 Å². The third kappa shape index (κ3) is 19.8. The normalized spacial score (nSPS) is 47.3. The largest absolute Gasteiger partial charge is 0.394 e. The summed E-state index contributed by atoms with van der Waals surface area (Å²) in [6.07, 6.45) is -74.0. The summed E-state index contributed by atoms with van der Waals surface area (Å²) in [5, 5.41) is 262. The minimum absolute atomic E-state index is 0.252. The SMILES string of the molecule is CC(=O)N[C@H]1[C@H](OC[C@H]2O[C@@H](O[C@H]3[C@H](O)[C@@H](NC(C)=O)[C@H](O[C@H]4[C@@H](O)[C@@H](CO)O[C@@H](O[C@H]5[C@H](O)[C@@H](O)[C@H](OC[C@@H](CO)NC=O)O[C@@H]5CO)[C@@H]4O)O[C@@H]3CO)[C@H](O)[C@@H](O[C@H]3O[C@H](CO)[C@@H](O[C@@H]4O[C@H](CO)[C@H](O)[C@H](O)[C@H]4O)[C@H](O)[C@H]3NC(C)=O)[C@H]2O)O[C@H](CO)[C@@H](O[C@@H]2O[C@H](CO)[C@H](O)[C@H](O)[C@H]2O)[C@@H]1O. The molecule has 0 aromatic heterocycles. The molecule has 27 N–H and O–H groups in total. The Morgan fingerprint density at radius 1 is 0.314 bits per heavy atom.